The summed E-state index contributed by atoms with van der Waals surface area (Å²) in [6, 6.07) is 6.76. The van der Waals surface area contributed by atoms with Gasteiger partial charge >= 0.3 is 0 Å². The topological polar surface area (TPSA) is 16.1 Å². The van der Waals surface area contributed by atoms with Crippen LogP contribution in [0.4, 0.5) is 4.39 Å². The number of thiazole rings is 1. The van der Waals surface area contributed by atoms with Gasteiger partial charge in [0.1, 0.15) is 5.82 Å². The maximum absolute atomic E-state index is 13.1. The Morgan fingerprint density at radius 3 is 2.95 bits per heavy atom. The molecule has 108 valence electrons. The van der Waals surface area contributed by atoms with E-state index in [0.717, 1.165) is 42.2 Å². The number of hydrogen-bond donors (Lipinski definition) is 0. The zero-order valence-electron chi connectivity index (χ0n) is 11.5. The first-order valence-corrected chi connectivity index (χ1v) is 8.01. The van der Waals surface area contributed by atoms with Crippen LogP contribution < -0.4 is 0 Å². The van der Waals surface area contributed by atoms with Gasteiger partial charge in [-0.25, -0.2) is 9.37 Å². The minimum atomic E-state index is -0.174. The molecule has 0 bridgehead atoms. The van der Waals surface area contributed by atoms with Crippen molar-refractivity contribution < 1.29 is 4.39 Å². The summed E-state index contributed by atoms with van der Waals surface area (Å²) in [5.41, 5.74) is 1.96. The molecule has 2 nitrogen and oxygen atoms in total. The Labute approximate surface area is 128 Å². The van der Waals surface area contributed by atoms with E-state index >= 15 is 0 Å². The molecular weight excluding hydrogens is 295 g/mol. The molecule has 0 fully saturated rings. The predicted octanol–water partition coefficient (Wildman–Crippen LogP) is 4.09. The Kier molecular flexibility index (Phi) is 5.95. The molecule has 0 aliphatic carbocycles. The number of hydrogen-bond acceptors (Lipinski definition) is 3. The van der Waals surface area contributed by atoms with Crippen LogP contribution in [0.3, 0.4) is 0 Å². The van der Waals surface area contributed by atoms with E-state index in [4.69, 9.17) is 11.6 Å². The summed E-state index contributed by atoms with van der Waals surface area (Å²) >= 11 is 7.40. The number of alkyl halides is 1. The Hall–Kier alpha value is -0.970. The van der Waals surface area contributed by atoms with Crippen LogP contribution in [0.2, 0.25) is 0 Å². The molecule has 0 atom stereocenters. The van der Waals surface area contributed by atoms with Gasteiger partial charge in [0.05, 0.1) is 16.6 Å². The zero-order valence-corrected chi connectivity index (χ0v) is 13.1. The van der Waals surface area contributed by atoms with Crippen molar-refractivity contribution in [2.45, 2.75) is 25.3 Å². The largest absolute Gasteiger partial charge is 0.302 e. The van der Waals surface area contributed by atoms with Crippen molar-refractivity contribution >= 4 is 22.9 Å². The normalized spacial score (nSPS) is 11.2. The van der Waals surface area contributed by atoms with Crippen LogP contribution in [0.15, 0.2) is 29.6 Å². The maximum Gasteiger partial charge on any atom is 0.123 e. The molecule has 5 heteroatoms. The third-order valence-electron chi connectivity index (χ3n) is 3.01. The van der Waals surface area contributed by atoms with Gasteiger partial charge in [0, 0.05) is 18.3 Å². The molecule has 0 spiro atoms. The summed E-state index contributed by atoms with van der Waals surface area (Å²) in [4.78, 5) is 6.64. The first-order chi connectivity index (χ1) is 9.67. The second kappa shape index (κ2) is 7.72. The highest BCUT2D eigenvalue weighted by Gasteiger charge is 2.04. The molecule has 20 heavy (non-hydrogen) atoms. The second-order valence-corrected chi connectivity index (χ2v) is 6.05. The van der Waals surface area contributed by atoms with E-state index in [1.54, 1.807) is 23.5 Å². The number of nitrogens with zero attached hydrogens (tertiary/aromatic N) is 2. The molecule has 2 aromatic rings. The van der Waals surface area contributed by atoms with Gasteiger partial charge in [0.2, 0.25) is 0 Å². The maximum atomic E-state index is 13.1. The van der Waals surface area contributed by atoms with E-state index in [-0.39, 0.29) is 5.82 Å². The van der Waals surface area contributed by atoms with Crippen LogP contribution in [0.1, 0.15) is 22.7 Å². The highest BCUT2D eigenvalue weighted by atomic mass is 35.5. The quantitative estimate of drug-likeness (QED) is 0.716. The first-order valence-electron chi connectivity index (χ1n) is 6.59. The third-order valence-corrected chi connectivity index (χ3v) is 4.24. The summed E-state index contributed by atoms with van der Waals surface area (Å²) < 4.78 is 13.1. The predicted molar refractivity (Wildman–Crippen MR) is 82.7 cm³/mol. The van der Waals surface area contributed by atoms with Crippen LogP contribution in [0.5, 0.6) is 0 Å². The van der Waals surface area contributed by atoms with Crippen molar-refractivity contribution in [1.82, 2.24) is 9.88 Å². The Bertz CT molecular complexity index is 544. The summed E-state index contributed by atoms with van der Waals surface area (Å²) in [6.45, 7) is 1.73. The fourth-order valence-electron chi connectivity index (χ4n) is 2.05. The monoisotopic (exact) mass is 312 g/mol. The fourth-order valence-corrected chi connectivity index (χ4v) is 3.12. The van der Waals surface area contributed by atoms with Crippen LogP contribution in [0.25, 0.3) is 0 Å². The Morgan fingerprint density at radius 1 is 1.40 bits per heavy atom. The first kappa shape index (κ1) is 15.4. The van der Waals surface area contributed by atoms with Crippen molar-refractivity contribution in [2.24, 2.45) is 0 Å². The van der Waals surface area contributed by atoms with Crippen molar-refractivity contribution in [3.05, 3.63) is 51.7 Å². The summed E-state index contributed by atoms with van der Waals surface area (Å²) in [5.74, 6) is 0.308. The van der Waals surface area contributed by atoms with Gasteiger partial charge in [-0.3, -0.25) is 0 Å². The zero-order chi connectivity index (χ0) is 14.4. The van der Waals surface area contributed by atoms with E-state index in [1.165, 1.54) is 6.07 Å². The minimum absolute atomic E-state index is 0.174. The molecule has 0 amide bonds. The molecule has 0 saturated heterocycles. The van der Waals surface area contributed by atoms with Gasteiger partial charge in [-0.15, -0.1) is 22.9 Å². The van der Waals surface area contributed by atoms with Crippen LogP contribution in [-0.2, 0) is 18.8 Å². The van der Waals surface area contributed by atoms with Gasteiger partial charge < -0.3 is 4.90 Å². The van der Waals surface area contributed by atoms with Crippen molar-refractivity contribution in [1.29, 1.82) is 0 Å². The molecule has 0 N–H and O–H groups in total. The van der Waals surface area contributed by atoms with E-state index < -0.39 is 0 Å². The lowest BCUT2D eigenvalue weighted by molar-refractivity contribution is 0.321. The van der Waals surface area contributed by atoms with E-state index in [0.29, 0.717) is 5.88 Å². The van der Waals surface area contributed by atoms with Crippen molar-refractivity contribution in [2.75, 3.05) is 13.6 Å². The summed E-state index contributed by atoms with van der Waals surface area (Å²) in [6.07, 6.45) is 2.01. The van der Waals surface area contributed by atoms with Gasteiger partial charge in [-0.1, -0.05) is 12.1 Å². The average molecular weight is 313 g/mol. The Morgan fingerprint density at radius 2 is 2.25 bits per heavy atom. The lowest BCUT2D eigenvalue weighted by Crippen LogP contribution is -2.19. The van der Waals surface area contributed by atoms with Gasteiger partial charge in [0.15, 0.2) is 0 Å². The summed E-state index contributed by atoms with van der Waals surface area (Å²) in [7, 11) is 2.05. The number of aryl methyl sites for hydroxylation is 1. The minimum Gasteiger partial charge on any atom is -0.302 e. The van der Waals surface area contributed by atoms with Crippen LogP contribution in [-0.4, -0.2) is 23.5 Å². The number of halogens is 2. The van der Waals surface area contributed by atoms with E-state index in [1.807, 2.05) is 11.4 Å². The molecule has 0 aliphatic heterocycles. The number of benzene rings is 1. The van der Waals surface area contributed by atoms with E-state index in [2.05, 4.69) is 16.9 Å². The van der Waals surface area contributed by atoms with Crippen molar-refractivity contribution in [3.63, 3.8) is 0 Å². The Balaban J connectivity index is 1.73. The average Bonchev–Trinajstić information content (AvgIpc) is 2.86. The molecule has 0 aliphatic rings. The standard InChI is InChI=1S/C15H18ClFN2S/c1-19(10-12-4-2-5-13(17)8-12)7-3-6-15-18-14(9-16)11-20-15/h2,4-5,8,11H,3,6-7,9-10H2,1H3. The highest BCUT2D eigenvalue weighted by Crippen LogP contribution is 2.14. The molecule has 0 unspecified atom stereocenters. The molecule has 1 heterocycles. The smallest absolute Gasteiger partial charge is 0.123 e. The van der Waals surface area contributed by atoms with Gasteiger partial charge in [-0.05, 0) is 37.7 Å². The molecule has 0 radical (unpaired) electrons. The number of aromatic nitrogens is 1. The molecule has 1 aromatic heterocycles. The molecule has 0 saturated carbocycles. The molecule has 2 rings (SSSR count). The SMILES string of the molecule is CN(CCCc1nc(CCl)cs1)Cc1cccc(F)c1. The van der Waals surface area contributed by atoms with Gasteiger partial charge in [0.25, 0.3) is 0 Å². The van der Waals surface area contributed by atoms with Crippen molar-refractivity contribution in [3.8, 4) is 0 Å². The second-order valence-electron chi connectivity index (χ2n) is 4.84. The van der Waals surface area contributed by atoms with E-state index in [9.17, 15) is 4.39 Å². The lowest BCUT2D eigenvalue weighted by atomic mass is 10.2. The van der Waals surface area contributed by atoms with Crippen LogP contribution >= 0.6 is 22.9 Å². The third kappa shape index (κ3) is 4.85. The van der Waals surface area contributed by atoms with Crippen LogP contribution in [0, 0.1) is 5.82 Å². The van der Waals surface area contributed by atoms with Gasteiger partial charge in [-0.2, -0.15) is 0 Å². The summed E-state index contributed by atoms with van der Waals surface area (Å²) in [5, 5.41) is 3.15. The lowest BCUT2D eigenvalue weighted by Gasteiger charge is -2.16. The molecular formula is C15H18ClFN2S. The highest BCUT2D eigenvalue weighted by molar-refractivity contribution is 7.09. The number of rotatable bonds is 7. The fraction of sp³-hybridized carbons (Fsp3) is 0.400. The molecule has 1 aromatic carbocycles.